The molecule has 0 bridgehead atoms. The summed E-state index contributed by atoms with van der Waals surface area (Å²) in [6.07, 6.45) is 10.1. The minimum Gasteiger partial charge on any atom is -0.303 e. The van der Waals surface area contributed by atoms with E-state index in [0.29, 0.717) is 6.42 Å². The maximum absolute atomic E-state index is 8.54. The van der Waals surface area contributed by atoms with E-state index in [4.69, 9.17) is 5.26 Å². The van der Waals surface area contributed by atoms with Gasteiger partial charge in [-0.05, 0) is 25.9 Å². The maximum atomic E-state index is 8.54. The van der Waals surface area contributed by atoms with Crippen LogP contribution in [0.3, 0.4) is 0 Å². The maximum Gasteiger partial charge on any atom is 0.0635 e. The number of halogens is 1. The lowest BCUT2D eigenvalue weighted by Gasteiger charge is -2.18. The van der Waals surface area contributed by atoms with Crippen LogP contribution in [-0.4, -0.2) is 29.9 Å². The fourth-order valence-corrected chi connectivity index (χ4v) is 2.35. The van der Waals surface area contributed by atoms with Gasteiger partial charge in [-0.1, -0.05) is 55.0 Å². The Morgan fingerprint density at radius 3 is 2.06 bits per heavy atom. The van der Waals surface area contributed by atoms with Gasteiger partial charge in [0.1, 0.15) is 0 Å². The monoisotopic (exact) mass is 302 g/mol. The highest BCUT2D eigenvalue weighted by Crippen LogP contribution is 2.08. The molecule has 0 aromatic carbocycles. The lowest BCUT2D eigenvalue weighted by molar-refractivity contribution is 0.286. The molecule has 17 heavy (non-hydrogen) atoms. The van der Waals surface area contributed by atoms with E-state index in [1.165, 1.54) is 51.5 Å². The summed E-state index contributed by atoms with van der Waals surface area (Å²) in [4.78, 5) is 2.38. The van der Waals surface area contributed by atoms with Crippen molar-refractivity contribution >= 4 is 15.9 Å². The normalized spacial score (nSPS) is 10.7. The molecule has 0 saturated carbocycles. The molecule has 0 spiro atoms. The van der Waals surface area contributed by atoms with Gasteiger partial charge in [-0.2, -0.15) is 5.26 Å². The first-order valence-corrected chi connectivity index (χ1v) is 8.12. The molecule has 0 fully saturated rings. The van der Waals surface area contributed by atoms with Gasteiger partial charge in [-0.15, -0.1) is 0 Å². The van der Waals surface area contributed by atoms with Gasteiger partial charge < -0.3 is 4.90 Å². The largest absolute Gasteiger partial charge is 0.303 e. The Hall–Kier alpha value is -0.0700. The second kappa shape index (κ2) is 14.0. The number of nitriles is 1. The number of unbranched alkanes of at least 4 members (excludes halogenated alkanes) is 6. The number of hydrogen-bond acceptors (Lipinski definition) is 2. The zero-order valence-electron chi connectivity index (χ0n) is 11.3. The van der Waals surface area contributed by atoms with Crippen molar-refractivity contribution in [1.82, 2.24) is 4.90 Å². The third kappa shape index (κ3) is 12.2. The standard InChI is InChI=1S/C14H27BrN2/c1-2-17(14-10-12-16)13-9-7-5-3-4-6-8-11-15/h2-11,13-14H2,1H3. The van der Waals surface area contributed by atoms with Crippen molar-refractivity contribution in [3.05, 3.63) is 0 Å². The molecule has 2 nitrogen and oxygen atoms in total. The molecule has 0 aliphatic carbocycles. The van der Waals surface area contributed by atoms with Crippen molar-refractivity contribution in [2.24, 2.45) is 0 Å². The molecule has 0 aliphatic heterocycles. The van der Waals surface area contributed by atoms with Crippen LogP contribution in [0, 0.1) is 11.3 Å². The zero-order chi connectivity index (χ0) is 12.8. The summed E-state index contributed by atoms with van der Waals surface area (Å²) in [7, 11) is 0. The minimum atomic E-state index is 0.667. The SMILES string of the molecule is CCN(CCC#N)CCCCCCCCCBr. The Kier molecular flexibility index (Phi) is 13.9. The highest BCUT2D eigenvalue weighted by atomic mass is 79.9. The van der Waals surface area contributed by atoms with Gasteiger partial charge in [0.15, 0.2) is 0 Å². The predicted octanol–water partition coefficient (Wildman–Crippen LogP) is 4.35. The van der Waals surface area contributed by atoms with Crippen molar-refractivity contribution in [2.75, 3.05) is 25.0 Å². The highest BCUT2D eigenvalue weighted by molar-refractivity contribution is 9.09. The minimum absolute atomic E-state index is 0.667. The van der Waals surface area contributed by atoms with Crippen LogP contribution in [0.25, 0.3) is 0 Å². The smallest absolute Gasteiger partial charge is 0.0635 e. The molecule has 0 heterocycles. The summed E-state index contributed by atoms with van der Waals surface area (Å²) in [5.41, 5.74) is 0. The summed E-state index contributed by atoms with van der Waals surface area (Å²) >= 11 is 3.46. The van der Waals surface area contributed by atoms with Crippen molar-refractivity contribution in [2.45, 2.75) is 58.3 Å². The molecular formula is C14H27BrN2. The fraction of sp³-hybridized carbons (Fsp3) is 0.929. The van der Waals surface area contributed by atoms with Gasteiger partial charge in [0.25, 0.3) is 0 Å². The van der Waals surface area contributed by atoms with Gasteiger partial charge in [0.05, 0.1) is 6.07 Å². The van der Waals surface area contributed by atoms with E-state index >= 15 is 0 Å². The van der Waals surface area contributed by atoms with Crippen LogP contribution in [0.15, 0.2) is 0 Å². The number of nitrogens with zero attached hydrogens (tertiary/aromatic N) is 2. The van der Waals surface area contributed by atoms with Crippen LogP contribution < -0.4 is 0 Å². The zero-order valence-corrected chi connectivity index (χ0v) is 12.8. The van der Waals surface area contributed by atoms with E-state index in [9.17, 15) is 0 Å². The Balaban J connectivity index is 3.22. The van der Waals surface area contributed by atoms with E-state index in [0.717, 1.165) is 18.4 Å². The third-order valence-electron chi connectivity index (χ3n) is 3.10. The summed E-state index contributed by atoms with van der Waals surface area (Å²) in [6, 6.07) is 2.22. The summed E-state index contributed by atoms with van der Waals surface area (Å²) in [6.45, 7) is 5.36. The van der Waals surface area contributed by atoms with Gasteiger partial charge in [-0.3, -0.25) is 0 Å². The summed E-state index contributed by atoms with van der Waals surface area (Å²) in [5.74, 6) is 0. The Morgan fingerprint density at radius 1 is 0.941 bits per heavy atom. The Bertz CT molecular complexity index is 189. The van der Waals surface area contributed by atoms with Crippen LogP contribution in [0.4, 0.5) is 0 Å². The average Bonchev–Trinajstić information content (AvgIpc) is 2.36. The molecule has 0 radical (unpaired) electrons. The molecule has 0 saturated heterocycles. The Labute approximate surface area is 116 Å². The second-order valence-corrected chi connectivity index (χ2v) is 5.30. The predicted molar refractivity (Wildman–Crippen MR) is 78.5 cm³/mol. The molecule has 0 aromatic heterocycles. The molecule has 0 aliphatic rings. The number of hydrogen-bond donors (Lipinski definition) is 0. The average molecular weight is 303 g/mol. The molecule has 3 heteroatoms. The molecular weight excluding hydrogens is 276 g/mol. The fourth-order valence-electron chi connectivity index (χ4n) is 1.95. The van der Waals surface area contributed by atoms with Crippen LogP contribution in [0.5, 0.6) is 0 Å². The van der Waals surface area contributed by atoms with Crippen LogP contribution in [0.2, 0.25) is 0 Å². The van der Waals surface area contributed by atoms with Crippen LogP contribution in [-0.2, 0) is 0 Å². The van der Waals surface area contributed by atoms with Crippen LogP contribution in [0.1, 0.15) is 58.3 Å². The number of rotatable bonds is 12. The topological polar surface area (TPSA) is 27.0 Å². The molecule has 0 N–H and O–H groups in total. The van der Waals surface area contributed by atoms with Crippen molar-refractivity contribution in [3.8, 4) is 6.07 Å². The highest BCUT2D eigenvalue weighted by Gasteiger charge is 2.00. The van der Waals surface area contributed by atoms with Gasteiger partial charge in [0.2, 0.25) is 0 Å². The van der Waals surface area contributed by atoms with Crippen molar-refractivity contribution in [3.63, 3.8) is 0 Å². The lowest BCUT2D eigenvalue weighted by atomic mass is 10.1. The van der Waals surface area contributed by atoms with Crippen molar-refractivity contribution < 1.29 is 0 Å². The summed E-state index contributed by atoms with van der Waals surface area (Å²) in [5, 5.41) is 9.69. The quantitative estimate of drug-likeness (QED) is 0.396. The molecule has 0 atom stereocenters. The van der Waals surface area contributed by atoms with E-state index in [-0.39, 0.29) is 0 Å². The van der Waals surface area contributed by atoms with E-state index in [2.05, 4.69) is 33.8 Å². The van der Waals surface area contributed by atoms with E-state index < -0.39 is 0 Å². The van der Waals surface area contributed by atoms with Crippen LogP contribution >= 0.6 is 15.9 Å². The first kappa shape index (κ1) is 16.9. The first-order chi connectivity index (χ1) is 8.35. The third-order valence-corrected chi connectivity index (χ3v) is 3.66. The molecule has 0 aromatic rings. The van der Waals surface area contributed by atoms with Gasteiger partial charge in [0, 0.05) is 18.3 Å². The molecule has 100 valence electrons. The lowest BCUT2D eigenvalue weighted by Crippen LogP contribution is -2.25. The Morgan fingerprint density at radius 2 is 1.53 bits per heavy atom. The van der Waals surface area contributed by atoms with Gasteiger partial charge in [-0.25, -0.2) is 0 Å². The molecule has 0 rings (SSSR count). The van der Waals surface area contributed by atoms with Gasteiger partial charge >= 0.3 is 0 Å². The molecule has 0 amide bonds. The molecule has 0 unspecified atom stereocenters. The van der Waals surface area contributed by atoms with E-state index in [1.54, 1.807) is 0 Å². The number of alkyl halides is 1. The second-order valence-electron chi connectivity index (χ2n) is 4.51. The van der Waals surface area contributed by atoms with Crippen molar-refractivity contribution in [1.29, 1.82) is 5.26 Å². The first-order valence-electron chi connectivity index (χ1n) is 7.00. The summed E-state index contributed by atoms with van der Waals surface area (Å²) < 4.78 is 0. The van der Waals surface area contributed by atoms with E-state index in [1.807, 2.05) is 0 Å².